The Morgan fingerprint density at radius 3 is 2.04 bits per heavy atom. The first-order valence-corrected chi connectivity index (χ1v) is 7.13. The van der Waals surface area contributed by atoms with E-state index in [4.69, 9.17) is 14.2 Å². The van der Waals surface area contributed by atoms with Gasteiger partial charge in [0.15, 0.2) is 0 Å². The van der Waals surface area contributed by atoms with Crippen LogP contribution in [0.1, 0.15) is 16.8 Å². The summed E-state index contributed by atoms with van der Waals surface area (Å²) in [6.45, 7) is 0.980. The molecule has 1 amide bonds. The van der Waals surface area contributed by atoms with Crippen molar-refractivity contribution in [1.29, 1.82) is 0 Å². The molecule has 0 radical (unpaired) electrons. The minimum Gasteiger partial charge on any atom is -0.497 e. The summed E-state index contributed by atoms with van der Waals surface area (Å²) >= 11 is 0. The van der Waals surface area contributed by atoms with Gasteiger partial charge >= 0.3 is 5.97 Å². The van der Waals surface area contributed by atoms with Crippen LogP contribution in [0.15, 0.2) is 18.2 Å². The van der Waals surface area contributed by atoms with E-state index >= 15 is 0 Å². The van der Waals surface area contributed by atoms with Crippen LogP contribution in [0.3, 0.4) is 0 Å². The number of esters is 1. The van der Waals surface area contributed by atoms with E-state index in [2.05, 4.69) is 4.74 Å². The summed E-state index contributed by atoms with van der Waals surface area (Å²) < 4.78 is 20.0. The number of hydrogen-bond donors (Lipinski definition) is 0. The molecule has 0 saturated heterocycles. The van der Waals surface area contributed by atoms with Gasteiger partial charge in [-0.05, 0) is 12.1 Å². The molecule has 0 saturated carbocycles. The number of benzene rings is 1. The number of hydrogen-bond acceptors (Lipinski definition) is 6. The first-order valence-electron chi connectivity index (χ1n) is 7.13. The number of ether oxygens (including phenoxy) is 4. The van der Waals surface area contributed by atoms with Crippen molar-refractivity contribution in [3.05, 3.63) is 23.8 Å². The van der Waals surface area contributed by atoms with Crippen molar-refractivity contribution in [3.63, 3.8) is 0 Å². The lowest BCUT2D eigenvalue weighted by Crippen LogP contribution is -2.35. The van der Waals surface area contributed by atoms with E-state index in [-0.39, 0.29) is 24.8 Å². The third-order valence-corrected chi connectivity index (χ3v) is 3.26. The Bertz CT molecular complexity index is 509. The Morgan fingerprint density at radius 1 is 0.957 bits per heavy atom. The number of rotatable bonds is 9. The molecule has 7 heteroatoms. The van der Waals surface area contributed by atoms with Gasteiger partial charge in [-0.3, -0.25) is 9.59 Å². The van der Waals surface area contributed by atoms with Crippen molar-refractivity contribution in [1.82, 2.24) is 4.90 Å². The smallest absolute Gasteiger partial charge is 0.307 e. The van der Waals surface area contributed by atoms with Gasteiger partial charge in [0, 0.05) is 31.8 Å². The molecule has 0 aromatic heterocycles. The van der Waals surface area contributed by atoms with Crippen LogP contribution in [0.2, 0.25) is 0 Å². The van der Waals surface area contributed by atoms with Gasteiger partial charge in [-0.1, -0.05) is 0 Å². The summed E-state index contributed by atoms with van der Waals surface area (Å²) in [5.41, 5.74) is 0.419. The van der Waals surface area contributed by atoms with Crippen LogP contribution in [0.5, 0.6) is 11.5 Å². The maximum absolute atomic E-state index is 12.7. The summed E-state index contributed by atoms with van der Waals surface area (Å²) in [6.07, 6.45) is 0.118. The molecule has 7 nitrogen and oxygen atoms in total. The topological polar surface area (TPSA) is 74.3 Å². The Hall–Kier alpha value is -2.28. The van der Waals surface area contributed by atoms with Crippen LogP contribution in [0.4, 0.5) is 0 Å². The Kier molecular flexibility index (Phi) is 7.90. The monoisotopic (exact) mass is 325 g/mol. The Balaban J connectivity index is 2.95. The number of nitrogens with zero attached hydrogens (tertiary/aromatic N) is 1. The summed E-state index contributed by atoms with van der Waals surface area (Å²) in [5, 5.41) is 0. The third-order valence-electron chi connectivity index (χ3n) is 3.26. The molecule has 0 atom stereocenters. The molecule has 1 rings (SSSR count). The molecule has 0 bridgehead atoms. The van der Waals surface area contributed by atoms with Gasteiger partial charge in [0.25, 0.3) is 5.91 Å². The van der Waals surface area contributed by atoms with Gasteiger partial charge in [0.2, 0.25) is 0 Å². The van der Waals surface area contributed by atoms with E-state index in [9.17, 15) is 9.59 Å². The van der Waals surface area contributed by atoms with Crippen molar-refractivity contribution in [2.24, 2.45) is 0 Å². The fourth-order valence-electron chi connectivity index (χ4n) is 1.96. The Morgan fingerprint density at radius 2 is 1.57 bits per heavy atom. The molecule has 0 aliphatic carbocycles. The molecule has 1 aromatic carbocycles. The second-order valence-corrected chi connectivity index (χ2v) is 4.71. The molecule has 128 valence electrons. The van der Waals surface area contributed by atoms with Crippen LogP contribution < -0.4 is 9.47 Å². The minimum absolute atomic E-state index is 0.118. The first-order chi connectivity index (χ1) is 11.0. The van der Waals surface area contributed by atoms with Crippen LogP contribution in [-0.4, -0.2) is 64.9 Å². The van der Waals surface area contributed by atoms with Crippen molar-refractivity contribution in [2.75, 3.05) is 48.1 Å². The lowest BCUT2D eigenvalue weighted by molar-refractivity contribution is -0.140. The van der Waals surface area contributed by atoms with E-state index in [1.165, 1.54) is 26.2 Å². The number of carbonyl (C=O) groups is 2. The minimum atomic E-state index is -0.372. The van der Waals surface area contributed by atoms with E-state index in [1.807, 2.05) is 0 Å². The van der Waals surface area contributed by atoms with Crippen LogP contribution in [0, 0.1) is 0 Å². The van der Waals surface area contributed by atoms with Crippen molar-refractivity contribution in [3.8, 4) is 11.5 Å². The predicted octanol–water partition coefficient (Wildman–Crippen LogP) is 1.36. The number of amides is 1. The largest absolute Gasteiger partial charge is 0.497 e. The van der Waals surface area contributed by atoms with Gasteiger partial charge in [-0.2, -0.15) is 0 Å². The highest BCUT2D eigenvalue weighted by Gasteiger charge is 2.18. The first kappa shape index (κ1) is 18.8. The highest BCUT2D eigenvalue weighted by atomic mass is 16.5. The lowest BCUT2D eigenvalue weighted by atomic mass is 10.1. The molecular weight excluding hydrogens is 302 g/mol. The molecule has 0 spiro atoms. The SMILES string of the molecule is COCCN(CCC(=O)OC)C(=O)c1cc(OC)cc(OC)c1. The average molecular weight is 325 g/mol. The average Bonchev–Trinajstić information content (AvgIpc) is 2.60. The van der Waals surface area contributed by atoms with Crippen molar-refractivity contribution in [2.45, 2.75) is 6.42 Å². The Labute approximate surface area is 136 Å². The quantitative estimate of drug-likeness (QED) is 0.638. The van der Waals surface area contributed by atoms with E-state index in [0.717, 1.165) is 0 Å². The van der Waals surface area contributed by atoms with Crippen LogP contribution >= 0.6 is 0 Å². The normalized spacial score (nSPS) is 10.1. The zero-order valence-electron chi connectivity index (χ0n) is 14.0. The van der Waals surface area contributed by atoms with Gasteiger partial charge in [-0.15, -0.1) is 0 Å². The zero-order chi connectivity index (χ0) is 17.2. The molecule has 1 aromatic rings. The van der Waals surface area contributed by atoms with Gasteiger partial charge in [0.1, 0.15) is 11.5 Å². The second-order valence-electron chi connectivity index (χ2n) is 4.71. The standard InChI is InChI=1S/C16H23NO6/c1-20-8-7-17(6-5-15(18)23-4)16(19)12-9-13(21-2)11-14(10-12)22-3/h9-11H,5-8H2,1-4H3. The van der Waals surface area contributed by atoms with E-state index < -0.39 is 0 Å². The van der Waals surface area contributed by atoms with Gasteiger partial charge in [0.05, 0.1) is 34.4 Å². The van der Waals surface area contributed by atoms with Crippen molar-refractivity contribution >= 4 is 11.9 Å². The molecule has 0 unspecified atom stereocenters. The third kappa shape index (κ3) is 5.78. The van der Waals surface area contributed by atoms with Crippen molar-refractivity contribution < 1.29 is 28.5 Å². The molecular formula is C16H23NO6. The maximum Gasteiger partial charge on any atom is 0.307 e. The van der Waals surface area contributed by atoms with Crippen LogP contribution in [0.25, 0.3) is 0 Å². The molecule has 0 fully saturated rings. The van der Waals surface area contributed by atoms with E-state index in [0.29, 0.717) is 30.2 Å². The van der Waals surface area contributed by atoms with Gasteiger partial charge in [-0.25, -0.2) is 0 Å². The molecule has 0 aliphatic rings. The molecule has 23 heavy (non-hydrogen) atoms. The predicted molar refractivity (Wildman–Crippen MR) is 84.0 cm³/mol. The van der Waals surface area contributed by atoms with Gasteiger partial charge < -0.3 is 23.8 Å². The van der Waals surface area contributed by atoms with E-state index in [1.54, 1.807) is 25.3 Å². The van der Waals surface area contributed by atoms with Crippen LogP contribution in [-0.2, 0) is 14.3 Å². The zero-order valence-corrected chi connectivity index (χ0v) is 14.0. The molecule has 0 N–H and O–H groups in total. The fourth-order valence-corrected chi connectivity index (χ4v) is 1.96. The molecule has 0 heterocycles. The molecule has 0 aliphatic heterocycles. The number of methoxy groups -OCH3 is 4. The second kappa shape index (κ2) is 9.68. The summed E-state index contributed by atoms with van der Waals surface area (Å²) in [7, 11) is 5.90. The summed E-state index contributed by atoms with van der Waals surface area (Å²) in [6, 6.07) is 4.94. The highest BCUT2D eigenvalue weighted by molar-refractivity contribution is 5.95. The summed E-state index contributed by atoms with van der Waals surface area (Å²) in [4.78, 5) is 25.5. The maximum atomic E-state index is 12.7. The highest BCUT2D eigenvalue weighted by Crippen LogP contribution is 2.23. The summed E-state index contributed by atoms with van der Waals surface area (Å²) in [5.74, 6) is 0.436. The lowest BCUT2D eigenvalue weighted by Gasteiger charge is -2.22. The number of carbonyl (C=O) groups excluding carboxylic acids is 2. The fraction of sp³-hybridized carbons (Fsp3) is 0.500.